The van der Waals surface area contributed by atoms with Gasteiger partial charge in [0.25, 0.3) is 0 Å². The fourth-order valence-electron chi connectivity index (χ4n) is 1.50. The van der Waals surface area contributed by atoms with Crippen LogP contribution >= 0.6 is 15.9 Å². The zero-order chi connectivity index (χ0) is 12.6. The Labute approximate surface area is 104 Å². The van der Waals surface area contributed by atoms with Gasteiger partial charge in [0.1, 0.15) is 5.82 Å². The number of rotatable bonds is 1. The smallest absolute Gasteiger partial charge is 0.334 e. The van der Waals surface area contributed by atoms with Gasteiger partial charge in [-0.05, 0) is 18.2 Å². The molecule has 2 nitrogen and oxygen atoms in total. The molecule has 0 radical (unpaired) electrons. The van der Waals surface area contributed by atoms with Crippen LogP contribution in [0, 0.1) is 0 Å². The lowest BCUT2D eigenvalue weighted by atomic mass is 10.1. The van der Waals surface area contributed by atoms with Crippen LogP contribution in [0.2, 0.25) is 0 Å². The van der Waals surface area contributed by atoms with E-state index in [1.807, 2.05) is 0 Å². The third kappa shape index (κ3) is 2.36. The number of halogens is 4. The van der Waals surface area contributed by atoms with E-state index in [4.69, 9.17) is 0 Å². The van der Waals surface area contributed by atoms with Crippen LogP contribution in [0.15, 0.2) is 35.1 Å². The molecular weight excluding hydrogens is 297 g/mol. The van der Waals surface area contributed by atoms with E-state index in [-0.39, 0.29) is 0 Å². The highest BCUT2D eigenvalue weighted by Gasteiger charge is 2.31. The molecule has 1 heterocycles. The largest absolute Gasteiger partial charge is 0.416 e. The van der Waals surface area contributed by atoms with Crippen molar-refractivity contribution >= 4 is 15.9 Å². The zero-order valence-electron chi connectivity index (χ0n) is 8.79. The summed E-state index contributed by atoms with van der Waals surface area (Å²) in [6.45, 7) is 0. The van der Waals surface area contributed by atoms with Gasteiger partial charge in [0.05, 0.1) is 5.56 Å². The zero-order valence-corrected chi connectivity index (χ0v) is 10.4. The standard InChI is InChI=1S/C11H8BrF3N2/c1-17-5-4-16-10(17)8-6-7(11(13,14)15)2-3-9(8)12/h2-6H,1H3. The predicted octanol–water partition coefficient (Wildman–Crippen LogP) is 3.87. The molecule has 90 valence electrons. The summed E-state index contributed by atoms with van der Waals surface area (Å²) in [6, 6.07) is 3.51. The molecule has 6 heteroatoms. The third-order valence-electron chi connectivity index (χ3n) is 2.36. The molecule has 0 saturated carbocycles. The lowest BCUT2D eigenvalue weighted by Gasteiger charge is -2.10. The minimum absolute atomic E-state index is 0.423. The number of alkyl halides is 3. The quantitative estimate of drug-likeness (QED) is 0.782. The second kappa shape index (κ2) is 4.18. The third-order valence-corrected chi connectivity index (χ3v) is 3.05. The minimum Gasteiger partial charge on any atom is -0.334 e. The lowest BCUT2D eigenvalue weighted by Crippen LogP contribution is -2.05. The number of imidazole rings is 1. The van der Waals surface area contributed by atoms with E-state index in [1.165, 1.54) is 6.07 Å². The molecule has 0 spiro atoms. The molecule has 0 amide bonds. The van der Waals surface area contributed by atoms with E-state index in [0.717, 1.165) is 12.1 Å². The Morgan fingerprint density at radius 3 is 2.53 bits per heavy atom. The van der Waals surface area contributed by atoms with E-state index >= 15 is 0 Å². The van der Waals surface area contributed by atoms with Gasteiger partial charge >= 0.3 is 6.18 Å². The molecule has 2 rings (SSSR count). The number of nitrogens with zero attached hydrogens (tertiary/aromatic N) is 2. The van der Waals surface area contributed by atoms with Crippen LogP contribution in [0.4, 0.5) is 13.2 Å². The summed E-state index contributed by atoms with van der Waals surface area (Å²) < 4.78 is 40.0. The average Bonchev–Trinajstić information content (AvgIpc) is 2.63. The second-order valence-electron chi connectivity index (χ2n) is 3.55. The first-order valence-corrected chi connectivity index (χ1v) is 5.53. The van der Waals surface area contributed by atoms with Crippen molar-refractivity contribution < 1.29 is 13.2 Å². The van der Waals surface area contributed by atoms with E-state index < -0.39 is 11.7 Å². The van der Waals surface area contributed by atoms with Crippen LogP contribution in [0.3, 0.4) is 0 Å². The van der Waals surface area contributed by atoms with Crippen molar-refractivity contribution in [2.24, 2.45) is 7.05 Å². The average molecular weight is 305 g/mol. The molecule has 0 aliphatic carbocycles. The summed E-state index contributed by atoms with van der Waals surface area (Å²) in [7, 11) is 1.73. The molecule has 0 atom stereocenters. The maximum atomic E-state index is 12.6. The molecular formula is C11H8BrF3N2. The molecule has 0 bridgehead atoms. The van der Waals surface area contributed by atoms with Gasteiger partial charge in [-0.3, -0.25) is 0 Å². The SMILES string of the molecule is Cn1ccnc1-c1cc(C(F)(F)F)ccc1Br. The van der Waals surface area contributed by atoms with Gasteiger partial charge in [0.15, 0.2) is 0 Å². The van der Waals surface area contributed by atoms with Crippen LogP contribution < -0.4 is 0 Å². The molecule has 0 saturated heterocycles. The predicted molar refractivity (Wildman–Crippen MR) is 61.3 cm³/mol. The van der Waals surface area contributed by atoms with Gasteiger partial charge in [0.2, 0.25) is 0 Å². The van der Waals surface area contributed by atoms with E-state index in [2.05, 4.69) is 20.9 Å². The molecule has 17 heavy (non-hydrogen) atoms. The monoisotopic (exact) mass is 304 g/mol. The van der Waals surface area contributed by atoms with Crippen molar-refractivity contribution in [3.05, 3.63) is 40.6 Å². The Kier molecular flexibility index (Phi) is 2.99. The van der Waals surface area contributed by atoms with Crippen LogP contribution in [0.1, 0.15) is 5.56 Å². The van der Waals surface area contributed by atoms with E-state index in [1.54, 1.807) is 24.0 Å². The molecule has 0 aliphatic rings. The van der Waals surface area contributed by atoms with Crippen molar-refractivity contribution in [3.63, 3.8) is 0 Å². The highest BCUT2D eigenvalue weighted by molar-refractivity contribution is 9.10. The van der Waals surface area contributed by atoms with Gasteiger partial charge in [-0.25, -0.2) is 4.98 Å². The first kappa shape index (κ1) is 12.2. The Morgan fingerprint density at radius 2 is 2.00 bits per heavy atom. The molecule has 1 aromatic carbocycles. The first-order valence-electron chi connectivity index (χ1n) is 4.74. The molecule has 0 fully saturated rings. The number of hydrogen-bond acceptors (Lipinski definition) is 1. The molecule has 1 aromatic heterocycles. The first-order chi connectivity index (χ1) is 7.89. The lowest BCUT2D eigenvalue weighted by molar-refractivity contribution is -0.137. The summed E-state index contributed by atoms with van der Waals surface area (Å²) >= 11 is 3.23. The molecule has 2 aromatic rings. The highest BCUT2D eigenvalue weighted by Crippen LogP contribution is 2.35. The maximum Gasteiger partial charge on any atom is 0.416 e. The van der Waals surface area contributed by atoms with E-state index in [9.17, 15) is 13.2 Å². The maximum absolute atomic E-state index is 12.6. The Balaban J connectivity index is 2.58. The number of aryl methyl sites for hydroxylation is 1. The summed E-state index contributed by atoms with van der Waals surface area (Å²) in [5, 5.41) is 0. The Morgan fingerprint density at radius 1 is 1.29 bits per heavy atom. The topological polar surface area (TPSA) is 17.8 Å². The Bertz CT molecular complexity index is 546. The minimum atomic E-state index is -4.35. The number of hydrogen-bond donors (Lipinski definition) is 0. The van der Waals surface area contributed by atoms with Crippen molar-refractivity contribution in [1.82, 2.24) is 9.55 Å². The van der Waals surface area contributed by atoms with Gasteiger partial charge in [-0.2, -0.15) is 13.2 Å². The number of aromatic nitrogens is 2. The van der Waals surface area contributed by atoms with Crippen LogP contribution in [0.25, 0.3) is 11.4 Å². The normalized spacial score (nSPS) is 11.8. The Hall–Kier alpha value is -1.30. The molecule has 0 aliphatic heterocycles. The fourth-order valence-corrected chi connectivity index (χ4v) is 1.92. The van der Waals surface area contributed by atoms with Crippen LogP contribution in [0.5, 0.6) is 0 Å². The van der Waals surface area contributed by atoms with Gasteiger partial charge < -0.3 is 4.57 Å². The summed E-state index contributed by atoms with van der Waals surface area (Å²) in [5.74, 6) is 0.489. The fraction of sp³-hybridized carbons (Fsp3) is 0.182. The van der Waals surface area contributed by atoms with Crippen molar-refractivity contribution in [2.45, 2.75) is 6.18 Å². The van der Waals surface area contributed by atoms with E-state index in [0.29, 0.717) is 15.9 Å². The van der Waals surface area contributed by atoms with Crippen LogP contribution in [-0.4, -0.2) is 9.55 Å². The van der Waals surface area contributed by atoms with Gasteiger partial charge in [-0.15, -0.1) is 0 Å². The van der Waals surface area contributed by atoms with Gasteiger partial charge in [0, 0.05) is 29.5 Å². The summed E-state index contributed by atoms with van der Waals surface area (Å²) in [5.41, 5.74) is -0.258. The highest BCUT2D eigenvalue weighted by atomic mass is 79.9. The molecule has 0 N–H and O–H groups in total. The number of benzene rings is 1. The van der Waals surface area contributed by atoms with Gasteiger partial charge in [-0.1, -0.05) is 15.9 Å². The van der Waals surface area contributed by atoms with Crippen LogP contribution in [-0.2, 0) is 13.2 Å². The molecule has 0 unspecified atom stereocenters. The summed E-state index contributed by atoms with van der Waals surface area (Å²) in [4.78, 5) is 4.04. The second-order valence-corrected chi connectivity index (χ2v) is 4.41. The van der Waals surface area contributed by atoms with Crippen molar-refractivity contribution in [3.8, 4) is 11.4 Å². The van der Waals surface area contributed by atoms with Crippen molar-refractivity contribution in [1.29, 1.82) is 0 Å². The van der Waals surface area contributed by atoms with Crippen molar-refractivity contribution in [2.75, 3.05) is 0 Å². The summed E-state index contributed by atoms with van der Waals surface area (Å²) in [6.07, 6.45) is -1.12.